The predicted molar refractivity (Wildman–Crippen MR) is 92.5 cm³/mol. The molecule has 2 rings (SSSR count). The fourth-order valence-electron chi connectivity index (χ4n) is 1.72. The average Bonchev–Trinajstić information content (AvgIpc) is 2.84. The first-order valence-corrected chi connectivity index (χ1v) is 8.50. The van der Waals surface area contributed by atoms with E-state index < -0.39 is 18.0 Å². The SMILES string of the molecule is CC(OC(=O)c1cc(Cl)sc1Cl)C(=O)NCc1ccccc1Cl. The number of rotatable bonds is 5. The van der Waals surface area contributed by atoms with Crippen LogP contribution < -0.4 is 5.32 Å². The van der Waals surface area contributed by atoms with E-state index in [-0.39, 0.29) is 16.4 Å². The number of ether oxygens (including phenoxy) is 1. The molecule has 0 aliphatic heterocycles. The third-order valence-electron chi connectivity index (χ3n) is 2.94. The summed E-state index contributed by atoms with van der Waals surface area (Å²) < 4.78 is 5.69. The third-order valence-corrected chi connectivity index (χ3v) is 4.80. The minimum atomic E-state index is -0.972. The Kier molecular flexibility index (Phi) is 6.30. The molecule has 0 aliphatic carbocycles. The first kappa shape index (κ1) is 18.1. The van der Waals surface area contributed by atoms with Crippen molar-refractivity contribution in [1.82, 2.24) is 5.32 Å². The highest BCUT2D eigenvalue weighted by atomic mass is 35.5. The number of halogens is 3. The second-order valence-electron chi connectivity index (χ2n) is 4.59. The predicted octanol–water partition coefficient (Wildman–Crippen LogP) is 4.57. The summed E-state index contributed by atoms with van der Waals surface area (Å²) >= 11 is 18.7. The molecule has 0 fully saturated rings. The van der Waals surface area contributed by atoms with Gasteiger partial charge in [-0.25, -0.2) is 4.79 Å². The molecule has 8 heteroatoms. The van der Waals surface area contributed by atoms with Crippen molar-refractivity contribution in [2.24, 2.45) is 0 Å². The Morgan fingerprint density at radius 2 is 1.96 bits per heavy atom. The molecule has 0 aliphatic rings. The van der Waals surface area contributed by atoms with Crippen LogP contribution in [0.5, 0.6) is 0 Å². The molecule has 1 amide bonds. The number of hydrogen-bond donors (Lipinski definition) is 1. The average molecular weight is 393 g/mol. The quantitative estimate of drug-likeness (QED) is 0.758. The number of thiophene rings is 1. The number of carbonyl (C=O) groups is 2. The molecule has 0 radical (unpaired) electrons. The standard InChI is InChI=1S/C15H12Cl3NO3S/c1-8(22-15(21)10-6-12(17)23-13(10)18)14(20)19-7-9-4-2-3-5-11(9)16/h2-6,8H,7H2,1H3,(H,19,20). The molecular formula is C15H12Cl3NO3S. The molecule has 23 heavy (non-hydrogen) atoms. The Morgan fingerprint density at radius 3 is 2.57 bits per heavy atom. The zero-order chi connectivity index (χ0) is 17.0. The molecule has 1 N–H and O–H groups in total. The maximum absolute atomic E-state index is 12.0. The van der Waals surface area contributed by atoms with Crippen LogP contribution in [-0.4, -0.2) is 18.0 Å². The third kappa shape index (κ3) is 4.85. The second-order valence-corrected chi connectivity index (χ2v) is 7.29. The Bertz CT molecular complexity index is 733. The second kappa shape index (κ2) is 8.02. The van der Waals surface area contributed by atoms with Gasteiger partial charge in [-0.1, -0.05) is 53.0 Å². The van der Waals surface area contributed by atoms with Gasteiger partial charge >= 0.3 is 5.97 Å². The van der Waals surface area contributed by atoms with Crippen molar-refractivity contribution >= 4 is 58.0 Å². The monoisotopic (exact) mass is 391 g/mol. The van der Waals surface area contributed by atoms with E-state index in [1.54, 1.807) is 18.2 Å². The highest BCUT2D eigenvalue weighted by Gasteiger charge is 2.22. The van der Waals surface area contributed by atoms with Gasteiger partial charge in [0, 0.05) is 11.6 Å². The Labute approximate surface area is 152 Å². The molecule has 0 bridgehead atoms. The van der Waals surface area contributed by atoms with Crippen molar-refractivity contribution in [3.8, 4) is 0 Å². The van der Waals surface area contributed by atoms with Crippen LogP contribution in [-0.2, 0) is 16.1 Å². The van der Waals surface area contributed by atoms with E-state index in [1.807, 2.05) is 6.07 Å². The molecular weight excluding hydrogens is 381 g/mol. The van der Waals surface area contributed by atoms with Crippen LogP contribution in [0.4, 0.5) is 0 Å². The topological polar surface area (TPSA) is 55.4 Å². The summed E-state index contributed by atoms with van der Waals surface area (Å²) in [5.41, 5.74) is 0.918. The zero-order valence-electron chi connectivity index (χ0n) is 11.9. The van der Waals surface area contributed by atoms with Crippen molar-refractivity contribution in [3.63, 3.8) is 0 Å². The molecule has 1 heterocycles. The molecule has 0 saturated carbocycles. The summed E-state index contributed by atoms with van der Waals surface area (Å²) in [7, 11) is 0. The molecule has 4 nitrogen and oxygen atoms in total. The minimum Gasteiger partial charge on any atom is -0.449 e. The van der Waals surface area contributed by atoms with Crippen LogP contribution in [0.1, 0.15) is 22.8 Å². The van der Waals surface area contributed by atoms with Gasteiger partial charge in [0.05, 0.1) is 9.90 Å². The van der Waals surface area contributed by atoms with E-state index >= 15 is 0 Å². The zero-order valence-corrected chi connectivity index (χ0v) is 15.0. The highest BCUT2D eigenvalue weighted by molar-refractivity contribution is 7.20. The molecule has 0 saturated heterocycles. The van der Waals surface area contributed by atoms with Crippen LogP contribution in [0, 0.1) is 0 Å². The molecule has 122 valence electrons. The maximum atomic E-state index is 12.0. The molecule has 1 atom stereocenters. The van der Waals surface area contributed by atoms with Gasteiger partial charge in [0.15, 0.2) is 6.10 Å². The van der Waals surface area contributed by atoms with Crippen molar-refractivity contribution in [2.75, 3.05) is 0 Å². The van der Waals surface area contributed by atoms with Crippen molar-refractivity contribution < 1.29 is 14.3 Å². The summed E-state index contributed by atoms with van der Waals surface area (Å²) in [6, 6.07) is 8.55. The van der Waals surface area contributed by atoms with Crippen LogP contribution in [0.25, 0.3) is 0 Å². The number of hydrogen-bond acceptors (Lipinski definition) is 4. The van der Waals surface area contributed by atoms with Crippen LogP contribution in [0.3, 0.4) is 0 Å². The lowest BCUT2D eigenvalue weighted by atomic mass is 10.2. The Hall–Kier alpha value is -1.27. The van der Waals surface area contributed by atoms with Crippen LogP contribution >= 0.6 is 46.1 Å². The Morgan fingerprint density at radius 1 is 1.26 bits per heavy atom. The summed E-state index contributed by atoms with van der Waals surface area (Å²) in [6.07, 6.45) is -0.972. The Balaban J connectivity index is 1.91. The summed E-state index contributed by atoms with van der Waals surface area (Å²) in [4.78, 5) is 24.0. The van der Waals surface area contributed by atoms with Gasteiger partial charge in [0.25, 0.3) is 5.91 Å². The lowest BCUT2D eigenvalue weighted by Gasteiger charge is -2.13. The van der Waals surface area contributed by atoms with E-state index in [0.717, 1.165) is 16.9 Å². The highest BCUT2D eigenvalue weighted by Crippen LogP contribution is 2.31. The largest absolute Gasteiger partial charge is 0.449 e. The summed E-state index contributed by atoms with van der Waals surface area (Å²) in [5, 5.41) is 3.21. The normalized spacial score (nSPS) is 11.8. The van der Waals surface area contributed by atoms with Gasteiger partial charge in [0.1, 0.15) is 4.34 Å². The van der Waals surface area contributed by atoms with Gasteiger partial charge in [0.2, 0.25) is 0 Å². The maximum Gasteiger partial charge on any atom is 0.341 e. The van der Waals surface area contributed by atoms with E-state index in [1.165, 1.54) is 13.0 Å². The number of esters is 1. The molecule has 0 spiro atoms. The van der Waals surface area contributed by atoms with Crippen molar-refractivity contribution in [2.45, 2.75) is 19.6 Å². The van der Waals surface area contributed by atoms with Crippen molar-refractivity contribution in [1.29, 1.82) is 0 Å². The van der Waals surface area contributed by atoms with E-state index in [2.05, 4.69) is 5.32 Å². The van der Waals surface area contributed by atoms with Crippen molar-refractivity contribution in [3.05, 3.63) is 55.2 Å². The van der Waals surface area contributed by atoms with Gasteiger partial charge in [-0.15, -0.1) is 11.3 Å². The fourth-order valence-corrected chi connectivity index (χ4v) is 3.37. The van der Waals surface area contributed by atoms with Gasteiger partial charge < -0.3 is 10.1 Å². The fraction of sp³-hybridized carbons (Fsp3) is 0.200. The molecule has 1 aromatic heterocycles. The minimum absolute atomic E-state index is 0.146. The first-order chi connectivity index (χ1) is 10.9. The van der Waals surface area contributed by atoms with E-state index in [0.29, 0.717) is 9.36 Å². The smallest absolute Gasteiger partial charge is 0.341 e. The number of nitrogens with one attached hydrogen (secondary N) is 1. The summed E-state index contributed by atoms with van der Waals surface area (Å²) in [6.45, 7) is 1.72. The van der Waals surface area contributed by atoms with E-state index in [9.17, 15) is 9.59 Å². The van der Waals surface area contributed by atoms with Gasteiger partial charge in [-0.3, -0.25) is 4.79 Å². The van der Waals surface area contributed by atoms with Crippen LogP contribution in [0.15, 0.2) is 30.3 Å². The molecule has 2 aromatic rings. The number of benzene rings is 1. The summed E-state index contributed by atoms with van der Waals surface area (Å²) in [5.74, 6) is -1.13. The number of amides is 1. The molecule has 1 aromatic carbocycles. The number of carbonyl (C=O) groups excluding carboxylic acids is 2. The molecule has 1 unspecified atom stereocenters. The first-order valence-electron chi connectivity index (χ1n) is 6.55. The lowest BCUT2D eigenvalue weighted by molar-refractivity contribution is -0.129. The van der Waals surface area contributed by atoms with E-state index in [4.69, 9.17) is 39.5 Å². The lowest BCUT2D eigenvalue weighted by Crippen LogP contribution is -2.35. The van der Waals surface area contributed by atoms with Gasteiger partial charge in [-0.05, 0) is 24.6 Å². The van der Waals surface area contributed by atoms with Crippen LogP contribution in [0.2, 0.25) is 13.7 Å². The van der Waals surface area contributed by atoms with Gasteiger partial charge in [-0.2, -0.15) is 0 Å².